The van der Waals surface area contributed by atoms with E-state index in [0.717, 1.165) is 16.2 Å². The first-order chi connectivity index (χ1) is 8.80. The van der Waals surface area contributed by atoms with Gasteiger partial charge in [0.2, 0.25) is 0 Å². The number of methoxy groups -OCH3 is 1. The zero-order valence-electron chi connectivity index (χ0n) is 9.18. The van der Waals surface area contributed by atoms with Crippen molar-refractivity contribution in [3.05, 3.63) is 17.0 Å². The van der Waals surface area contributed by atoms with Crippen LogP contribution in [0.25, 0.3) is 28.2 Å². The minimum atomic E-state index is 0.812. The van der Waals surface area contributed by atoms with Crippen LogP contribution in [0.5, 0.6) is 5.06 Å². The number of ether oxygens (including phenoxy) is 1. The van der Waals surface area contributed by atoms with Crippen LogP contribution >= 0.6 is 45.3 Å². The highest BCUT2D eigenvalue weighted by molar-refractivity contribution is 7.44. The summed E-state index contributed by atoms with van der Waals surface area (Å²) >= 11 is 6.85. The quantitative estimate of drug-likeness (QED) is 0.475. The van der Waals surface area contributed by atoms with E-state index in [0.29, 0.717) is 0 Å². The average Bonchev–Trinajstić information content (AvgIpc) is 3.05. The monoisotopic (exact) mass is 310 g/mol. The van der Waals surface area contributed by atoms with Crippen molar-refractivity contribution in [3.63, 3.8) is 0 Å². The highest BCUT2D eigenvalue weighted by atomic mass is 32.1. The van der Waals surface area contributed by atoms with Crippen LogP contribution in [-0.2, 0) is 0 Å². The number of hydrogen-bond donors (Lipinski definition) is 0. The molecule has 0 spiro atoms. The fourth-order valence-corrected chi connectivity index (χ4v) is 7.25. The smallest absolute Gasteiger partial charge is 0.175 e. The molecule has 0 fully saturated rings. The standard InChI is InChI=1S/C12H6O2S4/c1-14-8-3-7-10(18-8)12-11(17-7)9-6(16-12)2-5(4-13)15-9/h2-4H,1H3. The van der Waals surface area contributed by atoms with E-state index in [4.69, 9.17) is 4.74 Å². The maximum Gasteiger partial charge on any atom is 0.175 e. The summed E-state index contributed by atoms with van der Waals surface area (Å²) in [6, 6.07) is 4.08. The van der Waals surface area contributed by atoms with E-state index in [1.807, 2.05) is 6.07 Å². The Balaban J connectivity index is 2.12. The third-order valence-corrected chi connectivity index (χ3v) is 7.90. The molecule has 90 valence electrons. The molecule has 0 bridgehead atoms. The van der Waals surface area contributed by atoms with Gasteiger partial charge in [0.1, 0.15) is 0 Å². The van der Waals surface area contributed by atoms with Crippen molar-refractivity contribution >= 4 is 79.8 Å². The fourth-order valence-electron chi connectivity index (χ4n) is 1.98. The predicted octanol–water partition coefficient (Wildman–Crippen LogP) is 5.21. The molecule has 4 aromatic heterocycles. The molecule has 6 heteroatoms. The molecule has 0 saturated carbocycles. The summed E-state index contributed by atoms with van der Waals surface area (Å²) in [4.78, 5) is 11.6. The van der Waals surface area contributed by atoms with E-state index in [1.165, 1.54) is 28.2 Å². The molecule has 4 heterocycles. The van der Waals surface area contributed by atoms with E-state index in [-0.39, 0.29) is 0 Å². The van der Waals surface area contributed by atoms with E-state index >= 15 is 0 Å². The minimum absolute atomic E-state index is 0.812. The molecule has 4 aromatic rings. The molecule has 0 aliphatic carbocycles. The van der Waals surface area contributed by atoms with Gasteiger partial charge in [-0.15, -0.1) is 34.0 Å². The van der Waals surface area contributed by atoms with Crippen LogP contribution < -0.4 is 4.74 Å². The van der Waals surface area contributed by atoms with E-state index in [9.17, 15) is 4.79 Å². The summed E-state index contributed by atoms with van der Waals surface area (Å²) in [6.07, 6.45) is 0.933. The Morgan fingerprint density at radius 3 is 2.28 bits per heavy atom. The largest absolute Gasteiger partial charge is 0.487 e. The maximum atomic E-state index is 10.8. The molecule has 0 radical (unpaired) electrons. The molecule has 0 saturated heterocycles. The van der Waals surface area contributed by atoms with Gasteiger partial charge in [-0.25, -0.2) is 0 Å². The number of aldehydes is 1. The van der Waals surface area contributed by atoms with Crippen LogP contribution in [0.3, 0.4) is 0 Å². The Morgan fingerprint density at radius 1 is 0.944 bits per heavy atom. The second-order valence-corrected chi connectivity index (χ2v) is 7.99. The highest BCUT2D eigenvalue weighted by Crippen LogP contribution is 2.50. The first kappa shape index (κ1) is 10.9. The van der Waals surface area contributed by atoms with Gasteiger partial charge in [0.25, 0.3) is 0 Å². The third-order valence-electron chi connectivity index (χ3n) is 2.75. The summed E-state index contributed by atoms with van der Waals surface area (Å²) in [7, 11) is 1.70. The fraction of sp³-hybridized carbons (Fsp3) is 0.0833. The molecule has 4 rings (SSSR count). The van der Waals surface area contributed by atoms with Gasteiger partial charge in [0, 0.05) is 10.8 Å². The summed E-state index contributed by atoms with van der Waals surface area (Å²) in [5.74, 6) is 0. The normalized spacial score (nSPS) is 11.8. The van der Waals surface area contributed by atoms with Crippen molar-refractivity contribution in [1.82, 2.24) is 0 Å². The van der Waals surface area contributed by atoms with Crippen molar-refractivity contribution in [3.8, 4) is 5.06 Å². The Labute approximate surface area is 118 Å². The number of hydrogen-bond acceptors (Lipinski definition) is 6. The number of carbonyl (C=O) groups is 1. The van der Waals surface area contributed by atoms with Gasteiger partial charge < -0.3 is 4.74 Å². The van der Waals surface area contributed by atoms with Gasteiger partial charge in [0.15, 0.2) is 11.3 Å². The molecule has 2 nitrogen and oxygen atoms in total. The SMILES string of the molecule is COc1cc2sc3c4sc(C=O)cc4sc3c2s1. The second kappa shape index (κ2) is 3.77. The Morgan fingerprint density at radius 2 is 1.61 bits per heavy atom. The summed E-state index contributed by atoms with van der Waals surface area (Å²) in [5.41, 5.74) is 0. The minimum Gasteiger partial charge on any atom is -0.487 e. The van der Waals surface area contributed by atoms with E-state index in [1.54, 1.807) is 52.5 Å². The zero-order chi connectivity index (χ0) is 12.3. The van der Waals surface area contributed by atoms with Gasteiger partial charge in [-0.1, -0.05) is 11.3 Å². The lowest BCUT2D eigenvalue weighted by atomic mass is 10.4. The molecule has 0 aromatic carbocycles. The summed E-state index contributed by atoms with van der Waals surface area (Å²) < 4.78 is 13.0. The highest BCUT2D eigenvalue weighted by Gasteiger charge is 2.17. The van der Waals surface area contributed by atoms with Gasteiger partial charge in [-0.05, 0) is 6.07 Å². The van der Waals surface area contributed by atoms with Gasteiger partial charge in [-0.2, -0.15) is 0 Å². The number of thiophene rings is 4. The molecule has 0 aliphatic heterocycles. The molecule has 18 heavy (non-hydrogen) atoms. The number of fused-ring (bicyclic) bond motifs is 5. The molecule has 0 N–H and O–H groups in total. The van der Waals surface area contributed by atoms with Crippen LogP contribution in [0, 0.1) is 0 Å². The lowest BCUT2D eigenvalue weighted by Crippen LogP contribution is -1.73. The molecule has 0 aliphatic rings. The van der Waals surface area contributed by atoms with Crippen LogP contribution in [0.4, 0.5) is 0 Å². The van der Waals surface area contributed by atoms with Crippen LogP contribution in [-0.4, -0.2) is 13.4 Å². The number of carbonyl (C=O) groups excluding carboxylic acids is 1. The lowest BCUT2D eigenvalue weighted by Gasteiger charge is -1.88. The predicted molar refractivity (Wildman–Crippen MR) is 82.4 cm³/mol. The first-order valence-corrected chi connectivity index (χ1v) is 8.44. The number of rotatable bonds is 2. The molecular formula is C12H6O2S4. The Kier molecular flexibility index (Phi) is 2.29. The Bertz CT molecular complexity index is 890. The summed E-state index contributed by atoms with van der Waals surface area (Å²) in [6.45, 7) is 0. The van der Waals surface area contributed by atoms with Crippen LogP contribution in [0.15, 0.2) is 12.1 Å². The van der Waals surface area contributed by atoms with Gasteiger partial charge in [-0.3, -0.25) is 4.79 Å². The lowest BCUT2D eigenvalue weighted by molar-refractivity contribution is 0.112. The van der Waals surface area contributed by atoms with Crippen LogP contribution in [0.2, 0.25) is 0 Å². The molecule has 0 unspecified atom stereocenters. The Hall–Kier alpha value is -0.950. The third kappa shape index (κ3) is 1.34. The van der Waals surface area contributed by atoms with Gasteiger partial charge in [0.05, 0.1) is 35.5 Å². The van der Waals surface area contributed by atoms with Gasteiger partial charge >= 0.3 is 0 Å². The van der Waals surface area contributed by atoms with Crippen molar-refractivity contribution in [2.75, 3.05) is 7.11 Å². The first-order valence-electron chi connectivity index (χ1n) is 5.17. The van der Waals surface area contributed by atoms with E-state index in [2.05, 4.69) is 6.07 Å². The van der Waals surface area contributed by atoms with E-state index < -0.39 is 0 Å². The average molecular weight is 310 g/mol. The van der Waals surface area contributed by atoms with Crippen molar-refractivity contribution < 1.29 is 9.53 Å². The zero-order valence-corrected chi connectivity index (χ0v) is 12.4. The van der Waals surface area contributed by atoms with Crippen molar-refractivity contribution in [2.45, 2.75) is 0 Å². The molecular weight excluding hydrogens is 304 g/mol. The van der Waals surface area contributed by atoms with Crippen molar-refractivity contribution in [1.29, 1.82) is 0 Å². The van der Waals surface area contributed by atoms with Crippen LogP contribution in [0.1, 0.15) is 9.67 Å². The molecule has 0 atom stereocenters. The maximum absolute atomic E-state index is 10.8. The topological polar surface area (TPSA) is 26.3 Å². The summed E-state index contributed by atoms with van der Waals surface area (Å²) in [5, 5.41) is 0.962. The van der Waals surface area contributed by atoms with Crippen molar-refractivity contribution in [2.24, 2.45) is 0 Å². The molecule has 0 amide bonds. The second-order valence-electron chi connectivity index (χ2n) is 3.79.